The number of aliphatic hydroxyl groups is 1. The number of hydrazine groups is 1. The molecular formula is C29H31N3O5. The molecule has 1 aliphatic heterocycles. The van der Waals surface area contributed by atoms with Gasteiger partial charge in [-0.3, -0.25) is 10.2 Å². The Balaban J connectivity index is 1.71. The molecule has 8 nitrogen and oxygen atoms in total. The molecule has 4 N–H and O–H groups in total. The smallest absolute Gasteiger partial charge is 0.266 e. The van der Waals surface area contributed by atoms with E-state index in [-0.39, 0.29) is 13.0 Å². The number of benzene rings is 3. The normalized spacial score (nSPS) is 18.8. The Labute approximate surface area is 216 Å². The Hall–Kier alpha value is -4.14. The Bertz CT molecular complexity index is 1240. The van der Waals surface area contributed by atoms with Crippen LogP contribution in [0.2, 0.25) is 0 Å². The Morgan fingerprint density at radius 3 is 2.59 bits per heavy atom. The monoisotopic (exact) mass is 501 g/mol. The van der Waals surface area contributed by atoms with Crippen LogP contribution in [0.5, 0.6) is 11.5 Å². The van der Waals surface area contributed by atoms with E-state index < -0.39 is 17.6 Å². The van der Waals surface area contributed by atoms with Crippen LogP contribution < -0.4 is 20.7 Å². The summed E-state index contributed by atoms with van der Waals surface area (Å²) in [6.45, 7) is 0.483. The van der Waals surface area contributed by atoms with Crippen LogP contribution in [-0.4, -0.2) is 42.8 Å². The van der Waals surface area contributed by atoms with E-state index in [1.165, 1.54) is 0 Å². The molecule has 1 amide bonds. The number of aliphatic hydroxyl groups excluding tert-OH is 1. The molecule has 0 bridgehead atoms. The van der Waals surface area contributed by atoms with E-state index in [9.17, 15) is 4.79 Å². The van der Waals surface area contributed by atoms with Gasteiger partial charge < -0.3 is 19.3 Å². The van der Waals surface area contributed by atoms with Crippen LogP contribution in [0.4, 0.5) is 0 Å². The summed E-state index contributed by atoms with van der Waals surface area (Å²) < 4.78 is 17.4. The van der Waals surface area contributed by atoms with Crippen molar-refractivity contribution in [2.24, 2.45) is 10.8 Å². The first-order chi connectivity index (χ1) is 18.1. The predicted molar refractivity (Wildman–Crippen MR) is 142 cm³/mol. The number of carbonyl (C=O) groups excluding carboxylic acids is 1. The van der Waals surface area contributed by atoms with Gasteiger partial charge in [0.05, 0.1) is 13.7 Å². The summed E-state index contributed by atoms with van der Waals surface area (Å²) in [7, 11) is 1.59. The van der Waals surface area contributed by atoms with Crippen LogP contribution >= 0.6 is 0 Å². The van der Waals surface area contributed by atoms with Crippen molar-refractivity contribution in [1.82, 2.24) is 5.43 Å². The average molecular weight is 502 g/mol. The number of nitrogens with one attached hydrogen (secondary N) is 1. The largest absolute Gasteiger partial charge is 0.497 e. The molecule has 3 aromatic carbocycles. The number of carbonyl (C=O) groups is 1. The van der Waals surface area contributed by atoms with Crippen LogP contribution in [0.3, 0.4) is 0 Å². The van der Waals surface area contributed by atoms with Crippen molar-refractivity contribution >= 4 is 17.9 Å². The SMILES string of the molecule is COc1cccc([C@@H]2OC(c3ccc(OCCCO)cc3)=N[C@]2(C/C=C/c2ccccc2)C(=O)NN)c1. The molecule has 0 saturated heterocycles. The number of hydrogen-bond acceptors (Lipinski definition) is 7. The van der Waals surface area contributed by atoms with E-state index in [0.717, 1.165) is 11.1 Å². The standard InChI is InChI=1S/C29H31N3O5/c1-35-25-12-5-11-23(20-25)26-29(28(34)32-30,17-6-10-21-8-3-2-4-9-21)31-27(37-26)22-13-15-24(16-14-22)36-19-7-18-33/h2-6,8-16,20,26,33H,7,17-19,30H2,1H3,(H,32,34)/b10-6+/t26-,29-/m0/s1. The van der Waals surface area contributed by atoms with Crippen molar-refractivity contribution in [2.75, 3.05) is 20.3 Å². The van der Waals surface area contributed by atoms with Crippen LogP contribution in [0, 0.1) is 0 Å². The van der Waals surface area contributed by atoms with E-state index in [2.05, 4.69) is 5.43 Å². The predicted octanol–water partition coefficient (Wildman–Crippen LogP) is 3.81. The van der Waals surface area contributed by atoms with E-state index in [1.54, 1.807) is 19.2 Å². The van der Waals surface area contributed by atoms with Gasteiger partial charge in [-0.15, -0.1) is 0 Å². The fraction of sp³-hybridized carbons (Fsp3) is 0.241. The summed E-state index contributed by atoms with van der Waals surface area (Å²) in [5.41, 5.74) is 3.39. The van der Waals surface area contributed by atoms with Gasteiger partial charge in [0.15, 0.2) is 11.6 Å². The zero-order valence-corrected chi connectivity index (χ0v) is 20.7. The molecule has 0 aliphatic carbocycles. The molecule has 37 heavy (non-hydrogen) atoms. The number of amides is 1. The maximum atomic E-state index is 13.4. The lowest BCUT2D eigenvalue weighted by Crippen LogP contribution is -2.50. The topological polar surface area (TPSA) is 115 Å². The minimum Gasteiger partial charge on any atom is -0.497 e. The van der Waals surface area contributed by atoms with Crippen LogP contribution in [-0.2, 0) is 9.53 Å². The summed E-state index contributed by atoms with van der Waals surface area (Å²) >= 11 is 0. The summed E-state index contributed by atoms with van der Waals surface area (Å²) in [4.78, 5) is 18.2. The zero-order valence-electron chi connectivity index (χ0n) is 20.7. The maximum absolute atomic E-state index is 13.4. The second kappa shape index (κ2) is 12.2. The molecule has 0 radical (unpaired) electrons. The third-order valence-corrected chi connectivity index (χ3v) is 6.10. The molecular weight excluding hydrogens is 470 g/mol. The van der Waals surface area contributed by atoms with Gasteiger partial charge in [0.2, 0.25) is 5.90 Å². The van der Waals surface area contributed by atoms with Crippen molar-refractivity contribution < 1.29 is 24.1 Å². The quantitative estimate of drug-likeness (QED) is 0.159. The Kier molecular flexibility index (Phi) is 8.56. The molecule has 0 unspecified atom stereocenters. The summed E-state index contributed by atoms with van der Waals surface area (Å²) in [5, 5.41) is 8.96. The molecule has 4 rings (SSSR count). The lowest BCUT2D eigenvalue weighted by atomic mass is 9.84. The van der Waals surface area contributed by atoms with Gasteiger partial charge >= 0.3 is 0 Å². The summed E-state index contributed by atoms with van der Waals surface area (Å²) in [5.74, 6) is 6.84. The number of methoxy groups -OCH3 is 1. The number of aliphatic imine (C=N–C) groups is 1. The van der Waals surface area contributed by atoms with Crippen molar-refractivity contribution in [3.05, 3.63) is 102 Å². The lowest BCUT2D eigenvalue weighted by molar-refractivity contribution is -0.128. The van der Waals surface area contributed by atoms with Crippen molar-refractivity contribution in [3.63, 3.8) is 0 Å². The van der Waals surface area contributed by atoms with E-state index >= 15 is 0 Å². The fourth-order valence-electron chi connectivity index (χ4n) is 4.18. The first kappa shape index (κ1) is 25.9. The van der Waals surface area contributed by atoms with Gasteiger partial charge in [0.1, 0.15) is 11.5 Å². The van der Waals surface area contributed by atoms with Crippen molar-refractivity contribution in [1.29, 1.82) is 0 Å². The van der Waals surface area contributed by atoms with Gasteiger partial charge in [-0.1, -0.05) is 54.6 Å². The summed E-state index contributed by atoms with van der Waals surface area (Å²) in [6.07, 6.45) is 3.90. The highest BCUT2D eigenvalue weighted by Crippen LogP contribution is 2.43. The highest BCUT2D eigenvalue weighted by Gasteiger charge is 2.52. The Morgan fingerprint density at radius 2 is 1.89 bits per heavy atom. The van der Waals surface area contributed by atoms with Crippen LogP contribution in [0.1, 0.15) is 35.6 Å². The van der Waals surface area contributed by atoms with Crippen LogP contribution in [0.15, 0.2) is 89.9 Å². The van der Waals surface area contributed by atoms with Gasteiger partial charge in [-0.05, 0) is 47.5 Å². The van der Waals surface area contributed by atoms with E-state index in [0.29, 0.717) is 36.0 Å². The maximum Gasteiger partial charge on any atom is 0.266 e. The van der Waals surface area contributed by atoms with Crippen molar-refractivity contribution in [3.8, 4) is 11.5 Å². The third kappa shape index (κ3) is 5.99. The number of ether oxygens (including phenoxy) is 3. The van der Waals surface area contributed by atoms with E-state index in [4.69, 9.17) is 30.2 Å². The van der Waals surface area contributed by atoms with Crippen LogP contribution in [0.25, 0.3) is 6.08 Å². The van der Waals surface area contributed by atoms with Gasteiger partial charge in [0.25, 0.3) is 5.91 Å². The minimum absolute atomic E-state index is 0.0679. The van der Waals surface area contributed by atoms with Gasteiger partial charge in [-0.25, -0.2) is 10.8 Å². The van der Waals surface area contributed by atoms with Gasteiger partial charge in [-0.2, -0.15) is 0 Å². The highest BCUT2D eigenvalue weighted by molar-refractivity contribution is 6.01. The first-order valence-corrected chi connectivity index (χ1v) is 12.1. The zero-order chi connectivity index (χ0) is 26.1. The molecule has 2 atom stereocenters. The van der Waals surface area contributed by atoms with E-state index in [1.807, 2.05) is 78.9 Å². The average Bonchev–Trinajstić information content (AvgIpc) is 3.34. The summed E-state index contributed by atoms with van der Waals surface area (Å²) in [6, 6.07) is 24.5. The molecule has 0 fully saturated rings. The highest BCUT2D eigenvalue weighted by atomic mass is 16.5. The fourth-order valence-corrected chi connectivity index (χ4v) is 4.18. The van der Waals surface area contributed by atoms with Gasteiger partial charge in [0, 0.05) is 25.0 Å². The molecule has 1 aliphatic rings. The molecule has 1 heterocycles. The first-order valence-electron chi connectivity index (χ1n) is 12.1. The third-order valence-electron chi connectivity index (χ3n) is 6.10. The molecule has 0 aromatic heterocycles. The Morgan fingerprint density at radius 1 is 1.11 bits per heavy atom. The second-order valence-corrected chi connectivity index (χ2v) is 8.56. The number of hydrogen-bond donors (Lipinski definition) is 3. The number of nitrogens with zero attached hydrogens (tertiary/aromatic N) is 1. The van der Waals surface area contributed by atoms with Crippen molar-refractivity contribution in [2.45, 2.75) is 24.5 Å². The second-order valence-electron chi connectivity index (χ2n) is 8.56. The number of nitrogens with two attached hydrogens (primary N) is 1. The lowest BCUT2D eigenvalue weighted by Gasteiger charge is -2.29. The molecule has 192 valence electrons. The molecule has 0 saturated carbocycles. The molecule has 3 aromatic rings. The molecule has 0 spiro atoms. The number of rotatable bonds is 11. The minimum atomic E-state index is -1.35. The molecule has 8 heteroatoms.